The highest BCUT2D eigenvalue weighted by molar-refractivity contribution is 5.99. The van der Waals surface area contributed by atoms with E-state index >= 15 is 0 Å². The summed E-state index contributed by atoms with van der Waals surface area (Å²) in [6.07, 6.45) is 0. The molecule has 0 spiro atoms. The number of fused-ring (bicyclic) bond motifs is 1. The number of benzene rings is 2. The predicted octanol–water partition coefficient (Wildman–Crippen LogP) is 2.53. The van der Waals surface area contributed by atoms with Gasteiger partial charge in [-0.15, -0.1) is 0 Å². The van der Waals surface area contributed by atoms with E-state index in [4.69, 9.17) is 0 Å². The quantitative estimate of drug-likeness (QED) is 0.629. The van der Waals surface area contributed by atoms with E-state index in [1.54, 1.807) is 6.07 Å². The lowest BCUT2D eigenvalue weighted by Gasteiger charge is -2.08. The fourth-order valence-corrected chi connectivity index (χ4v) is 2.26. The third-order valence-corrected chi connectivity index (χ3v) is 3.38. The summed E-state index contributed by atoms with van der Waals surface area (Å²) in [6.45, 7) is -3.29. The molecular weight excluding hydrogens is 346 g/mol. The summed E-state index contributed by atoms with van der Waals surface area (Å²) in [4.78, 5) is 31.1. The number of carbonyl (C=O) groups is 2. The van der Waals surface area contributed by atoms with E-state index < -0.39 is 18.4 Å². The number of ether oxygens (including phenoxy) is 1. The number of nitrogens with zero attached hydrogens (tertiary/aromatic N) is 1. The Morgan fingerprint density at radius 2 is 1.96 bits per heavy atom. The summed E-state index contributed by atoms with van der Waals surface area (Å²) >= 11 is 0. The predicted molar refractivity (Wildman–Crippen MR) is 90.1 cm³/mol. The molecule has 1 aromatic heterocycles. The van der Waals surface area contributed by atoms with Crippen LogP contribution in [-0.4, -0.2) is 34.9 Å². The molecule has 7 nitrogen and oxygen atoms in total. The highest BCUT2D eigenvalue weighted by Gasteiger charge is 2.12. The lowest BCUT2D eigenvalue weighted by atomic mass is 10.2. The Labute approximate surface area is 146 Å². The number of carbonyl (C=O) groups excluding carboxylic acids is 2. The minimum atomic E-state index is -2.98. The van der Waals surface area contributed by atoms with E-state index in [2.05, 4.69) is 25.3 Å². The highest BCUT2D eigenvalue weighted by atomic mass is 19.3. The molecule has 0 bridgehead atoms. The molecule has 26 heavy (non-hydrogen) atoms. The molecule has 9 heteroatoms. The van der Waals surface area contributed by atoms with Crippen molar-refractivity contribution >= 4 is 28.8 Å². The second kappa shape index (κ2) is 7.60. The number of para-hydroxylation sites is 2. The van der Waals surface area contributed by atoms with Gasteiger partial charge < -0.3 is 15.0 Å². The van der Waals surface area contributed by atoms with Gasteiger partial charge in [0.25, 0.3) is 5.91 Å². The Morgan fingerprint density at radius 1 is 1.15 bits per heavy atom. The molecule has 3 rings (SSSR count). The molecule has 0 aliphatic heterocycles. The largest absolute Gasteiger partial charge is 0.435 e. The van der Waals surface area contributed by atoms with Crippen molar-refractivity contribution in [1.82, 2.24) is 15.3 Å². The van der Waals surface area contributed by atoms with Gasteiger partial charge in [0, 0.05) is 5.56 Å². The van der Waals surface area contributed by atoms with Gasteiger partial charge in [0.2, 0.25) is 11.9 Å². The van der Waals surface area contributed by atoms with E-state index in [0.29, 0.717) is 5.52 Å². The maximum Gasteiger partial charge on any atom is 0.387 e. The molecule has 0 fully saturated rings. The third-order valence-electron chi connectivity index (χ3n) is 3.38. The molecule has 3 N–H and O–H groups in total. The van der Waals surface area contributed by atoms with Crippen LogP contribution in [0.1, 0.15) is 10.4 Å². The fourth-order valence-electron chi connectivity index (χ4n) is 2.26. The monoisotopic (exact) mass is 360 g/mol. The van der Waals surface area contributed by atoms with E-state index in [-0.39, 0.29) is 23.8 Å². The number of hydrogen-bond acceptors (Lipinski definition) is 4. The Bertz CT molecular complexity index is 909. The third kappa shape index (κ3) is 4.32. The van der Waals surface area contributed by atoms with Crippen LogP contribution < -0.4 is 15.4 Å². The van der Waals surface area contributed by atoms with Crippen molar-refractivity contribution in [3.63, 3.8) is 0 Å². The van der Waals surface area contributed by atoms with Crippen molar-refractivity contribution in [2.45, 2.75) is 6.61 Å². The number of aromatic nitrogens is 2. The average Bonchev–Trinajstić information content (AvgIpc) is 3.01. The van der Waals surface area contributed by atoms with Gasteiger partial charge in [-0.2, -0.15) is 8.78 Å². The maximum absolute atomic E-state index is 12.2. The lowest BCUT2D eigenvalue weighted by molar-refractivity contribution is -0.115. The number of rotatable bonds is 6. The van der Waals surface area contributed by atoms with Gasteiger partial charge in [-0.3, -0.25) is 14.9 Å². The van der Waals surface area contributed by atoms with E-state index in [1.807, 2.05) is 18.2 Å². The Balaban J connectivity index is 1.56. The first-order chi connectivity index (χ1) is 12.5. The van der Waals surface area contributed by atoms with Crippen LogP contribution in [0.5, 0.6) is 5.75 Å². The smallest absolute Gasteiger partial charge is 0.387 e. The minimum absolute atomic E-state index is 0.0969. The van der Waals surface area contributed by atoms with Crippen molar-refractivity contribution in [3.8, 4) is 5.75 Å². The Hall–Kier alpha value is -3.49. The number of halogens is 2. The molecular formula is C17H14F2N4O3. The molecule has 0 unspecified atom stereocenters. The number of anilines is 1. The number of amides is 2. The van der Waals surface area contributed by atoms with Gasteiger partial charge in [-0.1, -0.05) is 18.2 Å². The van der Waals surface area contributed by atoms with Gasteiger partial charge in [0.05, 0.1) is 17.6 Å². The fraction of sp³-hybridized carbons (Fsp3) is 0.118. The summed E-state index contributed by atoms with van der Waals surface area (Å²) in [6, 6.07) is 12.5. The van der Waals surface area contributed by atoms with E-state index in [0.717, 1.165) is 5.52 Å². The summed E-state index contributed by atoms with van der Waals surface area (Å²) in [5, 5.41) is 4.93. The Kier molecular flexibility index (Phi) is 5.07. The minimum Gasteiger partial charge on any atom is -0.435 e. The number of alkyl halides is 2. The number of aromatic amines is 1. The summed E-state index contributed by atoms with van der Waals surface area (Å²) in [5.74, 6) is -0.959. The first-order valence-corrected chi connectivity index (χ1v) is 7.59. The second-order valence-corrected chi connectivity index (χ2v) is 5.24. The van der Waals surface area contributed by atoms with Crippen molar-refractivity contribution < 1.29 is 23.1 Å². The summed E-state index contributed by atoms with van der Waals surface area (Å²) in [7, 11) is 0. The molecule has 2 amide bonds. The molecule has 0 saturated heterocycles. The standard InChI is InChI=1S/C17H14F2N4O3/c18-16(19)26-11-5-3-4-10(8-11)15(25)20-9-14(24)23-17-21-12-6-1-2-7-13(12)22-17/h1-8,16H,9H2,(H,20,25)(H2,21,22,23,24). The first-order valence-electron chi connectivity index (χ1n) is 7.59. The molecule has 0 saturated carbocycles. The number of H-pyrrole nitrogens is 1. The normalized spacial score (nSPS) is 10.7. The van der Waals surface area contributed by atoms with Gasteiger partial charge in [-0.05, 0) is 30.3 Å². The van der Waals surface area contributed by atoms with Crippen LogP contribution in [0.4, 0.5) is 14.7 Å². The van der Waals surface area contributed by atoms with Crippen molar-refractivity contribution in [2.24, 2.45) is 0 Å². The lowest BCUT2D eigenvalue weighted by Crippen LogP contribution is -2.33. The molecule has 3 aromatic rings. The van der Waals surface area contributed by atoms with Crippen LogP contribution in [0, 0.1) is 0 Å². The summed E-state index contributed by atoms with van der Waals surface area (Å²) < 4.78 is 28.6. The molecule has 0 radical (unpaired) electrons. The zero-order valence-corrected chi connectivity index (χ0v) is 13.3. The molecule has 1 heterocycles. The Morgan fingerprint density at radius 3 is 2.73 bits per heavy atom. The van der Waals surface area contributed by atoms with Crippen LogP contribution in [-0.2, 0) is 4.79 Å². The van der Waals surface area contributed by atoms with Gasteiger partial charge >= 0.3 is 6.61 Å². The number of nitrogens with one attached hydrogen (secondary N) is 3. The van der Waals surface area contributed by atoms with Crippen molar-refractivity contribution in [1.29, 1.82) is 0 Å². The number of imidazole rings is 1. The second-order valence-electron chi connectivity index (χ2n) is 5.24. The zero-order valence-electron chi connectivity index (χ0n) is 13.3. The molecule has 0 aliphatic rings. The van der Waals surface area contributed by atoms with Crippen molar-refractivity contribution in [2.75, 3.05) is 11.9 Å². The average molecular weight is 360 g/mol. The zero-order chi connectivity index (χ0) is 18.5. The SMILES string of the molecule is O=C(CNC(=O)c1cccc(OC(F)F)c1)Nc1nc2ccccc2[nH]1. The van der Waals surface area contributed by atoms with Crippen LogP contribution in [0.3, 0.4) is 0 Å². The molecule has 2 aromatic carbocycles. The van der Waals surface area contributed by atoms with Crippen molar-refractivity contribution in [3.05, 3.63) is 54.1 Å². The van der Waals surface area contributed by atoms with Crippen LogP contribution >= 0.6 is 0 Å². The van der Waals surface area contributed by atoms with Gasteiger partial charge in [-0.25, -0.2) is 4.98 Å². The topological polar surface area (TPSA) is 96.1 Å². The van der Waals surface area contributed by atoms with E-state index in [9.17, 15) is 18.4 Å². The van der Waals surface area contributed by atoms with Crippen LogP contribution in [0.15, 0.2) is 48.5 Å². The van der Waals surface area contributed by atoms with Gasteiger partial charge in [0.15, 0.2) is 0 Å². The molecule has 0 aliphatic carbocycles. The molecule has 134 valence electrons. The molecule has 0 atom stereocenters. The first kappa shape index (κ1) is 17.3. The summed E-state index contributed by atoms with van der Waals surface area (Å²) in [5.41, 5.74) is 1.56. The van der Waals surface area contributed by atoms with Crippen LogP contribution in [0.2, 0.25) is 0 Å². The highest BCUT2D eigenvalue weighted by Crippen LogP contribution is 2.16. The number of hydrogen-bond donors (Lipinski definition) is 3. The maximum atomic E-state index is 12.2. The van der Waals surface area contributed by atoms with E-state index in [1.165, 1.54) is 24.3 Å². The van der Waals surface area contributed by atoms with Crippen LogP contribution in [0.25, 0.3) is 11.0 Å². The van der Waals surface area contributed by atoms with Gasteiger partial charge in [0.1, 0.15) is 5.75 Å².